The number of aliphatic carboxylic acids is 1. The van der Waals surface area contributed by atoms with Crippen molar-refractivity contribution in [3.05, 3.63) is 17.5 Å². The van der Waals surface area contributed by atoms with Gasteiger partial charge in [0, 0.05) is 5.69 Å². The highest BCUT2D eigenvalue weighted by molar-refractivity contribution is 5.72. The van der Waals surface area contributed by atoms with Gasteiger partial charge in [-0.05, 0) is 19.9 Å². The molecule has 0 spiro atoms. The molecule has 1 rings (SSSR count). The fourth-order valence-corrected chi connectivity index (χ4v) is 1.12. The van der Waals surface area contributed by atoms with Crippen LogP contribution in [-0.2, 0) is 11.3 Å². The van der Waals surface area contributed by atoms with Crippen molar-refractivity contribution in [2.24, 2.45) is 5.73 Å². The molecule has 0 aromatic carbocycles. The molecule has 1 heterocycles. The van der Waals surface area contributed by atoms with Crippen molar-refractivity contribution in [1.82, 2.24) is 9.78 Å². The number of rotatable bonds is 3. The minimum atomic E-state index is -1.01. The standard InChI is InChI=1S/C8H13N3O2/c1-5-3-6(2)11(10-5)4-7(9)8(12)13/h3,7H,4,9H2,1-2H3,(H,12,13)/t7-/m1/s1. The maximum absolute atomic E-state index is 10.5. The molecule has 13 heavy (non-hydrogen) atoms. The van der Waals surface area contributed by atoms with Crippen molar-refractivity contribution < 1.29 is 9.90 Å². The maximum Gasteiger partial charge on any atom is 0.322 e. The van der Waals surface area contributed by atoms with Crippen LogP contribution in [0.3, 0.4) is 0 Å². The summed E-state index contributed by atoms with van der Waals surface area (Å²) >= 11 is 0. The van der Waals surface area contributed by atoms with E-state index in [2.05, 4.69) is 5.10 Å². The molecule has 1 aromatic rings. The molecular weight excluding hydrogens is 170 g/mol. The number of nitrogens with zero attached hydrogens (tertiary/aromatic N) is 2. The largest absolute Gasteiger partial charge is 0.480 e. The van der Waals surface area contributed by atoms with Gasteiger partial charge in [0.1, 0.15) is 6.04 Å². The Kier molecular flexibility index (Phi) is 2.67. The molecular formula is C8H13N3O2. The van der Waals surface area contributed by atoms with Crippen LogP contribution in [0.1, 0.15) is 11.4 Å². The molecule has 0 bridgehead atoms. The zero-order valence-corrected chi connectivity index (χ0v) is 7.69. The highest BCUT2D eigenvalue weighted by atomic mass is 16.4. The Bertz CT molecular complexity index is 319. The molecule has 0 saturated heterocycles. The third-order valence-corrected chi connectivity index (χ3v) is 1.79. The van der Waals surface area contributed by atoms with Gasteiger partial charge in [0.2, 0.25) is 0 Å². The first-order valence-corrected chi connectivity index (χ1v) is 4.00. The second-order valence-corrected chi connectivity index (χ2v) is 3.05. The highest BCUT2D eigenvalue weighted by Crippen LogP contribution is 2.02. The maximum atomic E-state index is 10.5. The molecule has 0 aliphatic heterocycles. The van der Waals surface area contributed by atoms with Crippen LogP contribution in [0.5, 0.6) is 0 Å². The summed E-state index contributed by atoms with van der Waals surface area (Å²) in [5.41, 5.74) is 7.16. The van der Waals surface area contributed by atoms with Gasteiger partial charge in [-0.1, -0.05) is 0 Å². The van der Waals surface area contributed by atoms with Crippen LogP contribution < -0.4 is 5.73 Å². The summed E-state index contributed by atoms with van der Waals surface area (Å²) < 4.78 is 1.61. The average molecular weight is 183 g/mol. The molecule has 0 aliphatic carbocycles. The normalized spacial score (nSPS) is 12.8. The van der Waals surface area contributed by atoms with Crippen molar-refractivity contribution in [3.8, 4) is 0 Å². The first-order chi connectivity index (χ1) is 6.00. The van der Waals surface area contributed by atoms with E-state index in [1.807, 2.05) is 19.9 Å². The van der Waals surface area contributed by atoms with Crippen molar-refractivity contribution in [2.75, 3.05) is 0 Å². The Hall–Kier alpha value is -1.36. The number of carboxylic acid groups (broad SMARTS) is 1. The van der Waals surface area contributed by atoms with Crippen LogP contribution in [0.25, 0.3) is 0 Å². The van der Waals surface area contributed by atoms with Gasteiger partial charge in [-0.15, -0.1) is 0 Å². The van der Waals surface area contributed by atoms with E-state index in [-0.39, 0.29) is 6.54 Å². The number of aryl methyl sites for hydroxylation is 2. The fourth-order valence-electron chi connectivity index (χ4n) is 1.12. The predicted octanol–water partition coefficient (Wildman–Crippen LogP) is -0.0882. The number of hydrogen-bond acceptors (Lipinski definition) is 3. The van der Waals surface area contributed by atoms with E-state index in [4.69, 9.17) is 10.8 Å². The van der Waals surface area contributed by atoms with Gasteiger partial charge in [0.05, 0.1) is 12.2 Å². The zero-order valence-electron chi connectivity index (χ0n) is 7.69. The lowest BCUT2D eigenvalue weighted by Gasteiger charge is -2.07. The van der Waals surface area contributed by atoms with Crippen LogP contribution >= 0.6 is 0 Å². The predicted molar refractivity (Wildman–Crippen MR) is 47.3 cm³/mol. The second kappa shape index (κ2) is 3.57. The molecule has 1 atom stereocenters. The van der Waals surface area contributed by atoms with Gasteiger partial charge in [-0.3, -0.25) is 9.48 Å². The van der Waals surface area contributed by atoms with Crippen LogP contribution in [0.4, 0.5) is 0 Å². The Balaban J connectivity index is 2.74. The van der Waals surface area contributed by atoms with E-state index < -0.39 is 12.0 Å². The molecule has 72 valence electrons. The molecule has 0 unspecified atom stereocenters. The minimum absolute atomic E-state index is 0.217. The zero-order chi connectivity index (χ0) is 10.0. The first kappa shape index (κ1) is 9.73. The highest BCUT2D eigenvalue weighted by Gasteiger charge is 2.13. The van der Waals surface area contributed by atoms with Gasteiger partial charge in [0.15, 0.2) is 0 Å². The summed E-state index contributed by atoms with van der Waals surface area (Å²) in [5, 5.41) is 12.7. The fraction of sp³-hybridized carbons (Fsp3) is 0.500. The molecule has 5 heteroatoms. The van der Waals surface area contributed by atoms with Crippen molar-refractivity contribution in [1.29, 1.82) is 0 Å². The molecule has 0 fully saturated rings. The minimum Gasteiger partial charge on any atom is -0.480 e. The topological polar surface area (TPSA) is 81.1 Å². The number of carboxylic acids is 1. The van der Waals surface area contributed by atoms with E-state index in [0.717, 1.165) is 11.4 Å². The number of carbonyl (C=O) groups is 1. The number of hydrogen-bond donors (Lipinski definition) is 2. The van der Waals surface area contributed by atoms with Gasteiger partial charge in [-0.2, -0.15) is 5.10 Å². The Labute approximate surface area is 76.2 Å². The third kappa shape index (κ3) is 2.29. The van der Waals surface area contributed by atoms with Crippen LogP contribution in [-0.4, -0.2) is 26.9 Å². The summed E-state index contributed by atoms with van der Waals surface area (Å²) in [7, 11) is 0. The van der Waals surface area contributed by atoms with Gasteiger partial charge in [-0.25, -0.2) is 0 Å². The monoisotopic (exact) mass is 183 g/mol. The van der Waals surface area contributed by atoms with Gasteiger partial charge >= 0.3 is 5.97 Å². The summed E-state index contributed by atoms with van der Waals surface area (Å²) in [6.07, 6.45) is 0. The van der Waals surface area contributed by atoms with Gasteiger partial charge in [0.25, 0.3) is 0 Å². The summed E-state index contributed by atoms with van der Waals surface area (Å²) in [6, 6.07) is 0.993. The number of aromatic nitrogens is 2. The Morgan fingerprint density at radius 3 is 2.77 bits per heavy atom. The van der Waals surface area contributed by atoms with E-state index in [9.17, 15) is 4.79 Å². The third-order valence-electron chi connectivity index (χ3n) is 1.79. The van der Waals surface area contributed by atoms with Crippen LogP contribution in [0.15, 0.2) is 6.07 Å². The van der Waals surface area contributed by atoms with E-state index in [0.29, 0.717) is 0 Å². The molecule has 0 saturated carbocycles. The second-order valence-electron chi connectivity index (χ2n) is 3.05. The summed E-state index contributed by atoms with van der Waals surface area (Å²) in [6.45, 7) is 3.94. The molecule has 1 aromatic heterocycles. The average Bonchev–Trinajstić information content (AvgIpc) is 2.30. The summed E-state index contributed by atoms with van der Waals surface area (Å²) in [4.78, 5) is 10.5. The molecule has 3 N–H and O–H groups in total. The van der Waals surface area contributed by atoms with Gasteiger partial charge < -0.3 is 10.8 Å². The van der Waals surface area contributed by atoms with Crippen molar-refractivity contribution >= 4 is 5.97 Å². The van der Waals surface area contributed by atoms with Crippen molar-refractivity contribution in [3.63, 3.8) is 0 Å². The van der Waals surface area contributed by atoms with Crippen molar-refractivity contribution in [2.45, 2.75) is 26.4 Å². The lowest BCUT2D eigenvalue weighted by Crippen LogP contribution is -2.35. The Morgan fingerprint density at radius 2 is 2.38 bits per heavy atom. The molecule has 0 amide bonds. The van der Waals surface area contributed by atoms with E-state index >= 15 is 0 Å². The van der Waals surface area contributed by atoms with E-state index in [1.165, 1.54) is 0 Å². The Morgan fingerprint density at radius 1 is 1.77 bits per heavy atom. The molecule has 0 radical (unpaired) electrons. The van der Waals surface area contributed by atoms with Crippen LogP contribution in [0, 0.1) is 13.8 Å². The smallest absolute Gasteiger partial charge is 0.322 e. The quantitative estimate of drug-likeness (QED) is 0.686. The lowest BCUT2D eigenvalue weighted by atomic mass is 10.3. The van der Waals surface area contributed by atoms with E-state index in [1.54, 1.807) is 4.68 Å². The van der Waals surface area contributed by atoms with Crippen LogP contribution in [0.2, 0.25) is 0 Å². The first-order valence-electron chi connectivity index (χ1n) is 4.00. The molecule has 5 nitrogen and oxygen atoms in total. The SMILES string of the molecule is Cc1cc(C)n(C[C@@H](N)C(=O)O)n1. The molecule has 0 aliphatic rings. The number of nitrogens with two attached hydrogens (primary N) is 1. The lowest BCUT2D eigenvalue weighted by molar-refractivity contribution is -0.138. The summed E-state index contributed by atoms with van der Waals surface area (Å²) in [5.74, 6) is -1.01.